The standard InChI is InChI=1S/C13H19Cl2NS/c1-9(8-16-13(2,3)4)17-12-7-10(14)5-6-11(12)15/h5-7,9,16H,8H2,1-4H3. The lowest BCUT2D eigenvalue weighted by molar-refractivity contribution is 0.429. The summed E-state index contributed by atoms with van der Waals surface area (Å²) in [6.07, 6.45) is 0. The molecule has 1 nitrogen and oxygen atoms in total. The van der Waals surface area contributed by atoms with Crippen LogP contribution in [-0.4, -0.2) is 17.3 Å². The molecule has 0 spiro atoms. The summed E-state index contributed by atoms with van der Waals surface area (Å²) >= 11 is 13.8. The van der Waals surface area contributed by atoms with Gasteiger partial charge in [0.25, 0.3) is 0 Å². The maximum Gasteiger partial charge on any atom is 0.0543 e. The van der Waals surface area contributed by atoms with Crippen LogP contribution in [0.1, 0.15) is 27.7 Å². The quantitative estimate of drug-likeness (QED) is 0.795. The second kappa shape index (κ2) is 6.33. The molecule has 0 amide bonds. The summed E-state index contributed by atoms with van der Waals surface area (Å²) in [5.74, 6) is 0. The van der Waals surface area contributed by atoms with Gasteiger partial charge in [-0.2, -0.15) is 0 Å². The Balaban J connectivity index is 2.56. The van der Waals surface area contributed by atoms with Crippen LogP contribution in [0.4, 0.5) is 0 Å². The summed E-state index contributed by atoms with van der Waals surface area (Å²) in [5.41, 5.74) is 0.146. The van der Waals surface area contributed by atoms with Crippen molar-refractivity contribution in [3.63, 3.8) is 0 Å². The van der Waals surface area contributed by atoms with Gasteiger partial charge in [-0.15, -0.1) is 11.8 Å². The van der Waals surface area contributed by atoms with E-state index in [0.29, 0.717) is 5.25 Å². The van der Waals surface area contributed by atoms with E-state index in [1.54, 1.807) is 11.8 Å². The fraction of sp³-hybridized carbons (Fsp3) is 0.538. The Kier molecular flexibility index (Phi) is 5.65. The maximum atomic E-state index is 6.13. The third-order valence-electron chi connectivity index (χ3n) is 2.14. The van der Waals surface area contributed by atoms with Gasteiger partial charge in [-0.1, -0.05) is 30.1 Å². The van der Waals surface area contributed by atoms with Gasteiger partial charge < -0.3 is 5.32 Å². The van der Waals surface area contributed by atoms with E-state index >= 15 is 0 Å². The first kappa shape index (κ1) is 15.2. The van der Waals surface area contributed by atoms with Gasteiger partial charge in [-0.25, -0.2) is 0 Å². The molecular formula is C13H19Cl2NS. The highest BCUT2D eigenvalue weighted by Gasteiger charge is 2.13. The van der Waals surface area contributed by atoms with Gasteiger partial charge in [0.2, 0.25) is 0 Å². The minimum absolute atomic E-state index is 0.146. The Bertz CT molecular complexity index is 374. The van der Waals surface area contributed by atoms with Crippen LogP contribution >= 0.6 is 35.0 Å². The summed E-state index contributed by atoms with van der Waals surface area (Å²) < 4.78 is 0. The monoisotopic (exact) mass is 291 g/mol. The summed E-state index contributed by atoms with van der Waals surface area (Å²) in [5, 5.41) is 5.42. The molecule has 1 aromatic rings. The summed E-state index contributed by atoms with van der Waals surface area (Å²) in [6.45, 7) is 9.61. The minimum atomic E-state index is 0.146. The highest BCUT2D eigenvalue weighted by Crippen LogP contribution is 2.32. The Morgan fingerprint density at radius 3 is 2.53 bits per heavy atom. The van der Waals surface area contributed by atoms with Crippen molar-refractivity contribution in [2.45, 2.75) is 43.4 Å². The zero-order valence-corrected chi connectivity index (χ0v) is 13.0. The number of halogens is 2. The lowest BCUT2D eigenvalue weighted by Crippen LogP contribution is -2.39. The SMILES string of the molecule is CC(CNC(C)(C)C)Sc1cc(Cl)ccc1Cl. The minimum Gasteiger partial charge on any atom is -0.311 e. The molecule has 1 rings (SSSR count). The molecule has 1 unspecified atom stereocenters. The molecule has 96 valence electrons. The van der Waals surface area contributed by atoms with Crippen LogP contribution in [0.15, 0.2) is 23.1 Å². The molecule has 0 fully saturated rings. The Hall–Kier alpha value is 0.110. The smallest absolute Gasteiger partial charge is 0.0543 e. The maximum absolute atomic E-state index is 6.13. The lowest BCUT2D eigenvalue weighted by Gasteiger charge is -2.23. The topological polar surface area (TPSA) is 12.0 Å². The van der Waals surface area contributed by atoms with Gasteiger partial charge in [0.15, 0.2) is 0 Å². The van der Waals surface area contributed by atoms with E-state index in [-0.39, 0.29) is 5.54 Å². The first-order chi connectivity index (χ1) is 7.78. The largest absolute Gasteiger partial charge is 0.311 e. The van der Waals surface area contributed by atoms with Crippen molar-refractivity contribution in [3.8, 4) is 0 Å². The second-order valence-electron chi connectivity index (χ2n) is 5.13. The Morgan fingerprint density at radius 1 is 1.29 bits per heavy atom. The molecule has 17 heavy (non-hydrogen) atoms. The predicted molar refractivity (Wildman–Crippen MR) is 79.5 cm³/mol. The predicted octanol–water partition coefficient (Wildman–Crippen LogP) is 4.86. The zero-order chi connectivity index (χ0) is 13.1. The number of hydrogen-bond acceptors (Lipinski definition) is 2. The van der Waals surface area contributed by atoms with E-state index in [1.807, 2.05) is 18.2 Å². The van der Waals surface area contributed by atoms with Crippen LogP contribution in [-0.2, 0) is 0 Å². The van der Waals surface area contributed by atoms with Crippen molar-refractivity contribution in [3.05, 3.63) is 28.2 Å². The molecule has 0 aliphatic carbocycles. The Labute approximate surface area is 118 Å². The van der Waals surface area contributed by atoms with E-state index in [0.717, 1.165) is 21.5 Å². The first-order valence-electron chi connectivity index (χ1n) is 5.64. The highest BCUT2D eigenvalue weighted by molar-refractivity contribution is 8.00. The fourth-order valence-corrected chi connectivity index (χ4v) is 2.74. The van der Waals surface area contributed by atoms with Gasteiger partial charge in [-0.05, 0) is 39.0 Å². The van der Waals surface area contributed by atoms with Crippen molar-refractivity contribution < 1.29 is 0 Å². The number of rotatable bonds is 4. The van der Waals surface area contributed by atoms with Crippen LogP contribution in [0.3, 0.4) is 0 Å². The normalized spacial score (nSPS) is 13.8. The number of thioether (sulfide) groups is 1. The molecule has 0 radical (unpaired) electrons. The molecule has 0 aliphatic heterocycles. The molecule has 0 saturated carbocycles. The van der Waals surface area contributed by atoms with Gasteiger partial charge in [0, 0.05) is 27.3 Å². The molecule has 0 aliphatic rings. The molecule has 0 saturated heterocycles. The highest BCUT2D eigenvalue weighted by atomic mass is 35.5. The van der Waals surface area contributed by atoms with Crippen LogP contribution in [0.25, 0.3) is 0 Å². The molecule has 0 bridgehead atoms. The van der Waals surface area contributed by atoms with Crippen LogP contribution in [0.5, 0.6) is 0 Å². The average molecular weight is 292 g/mol. The number of nitrogens with one attached hydrogen (secondary N) is 1. The van der Waals surface area contributed by atoms with E-state index in [9.17, 15) is 0 Å². The second-order valence-corrected chi connectivity index (χ2v) is 7.46. The summed E-state index contributed by atoms with van der Waals surface area (Å²) in [6, 6.07) is 5.57. The summed E-state index contributed by atoms with van der Waals surface area (Å²) in [7, 11) is 0. The van der Waals surface area contributed by atoms with Crippen LogP contribution in [0, 0.1) is 0 Å². The van der Waals surface area contributed by atoms with E-state index in [1.165, 1.54) is 0 Å². The molecule has 1 atom stereocenters. The van der Waals surface area contributed by atoms with Crippen LogP contribution < -0.4 is 5.32 Å². The van der Waals surface area contributed by atoms with Crippen molar-refractivity contribution in [2.24, 2.45) is 0 Å². The Morgan fingerprint density at radius 2 is 1.94 bits per heavy atom. The van der Waals surface area contributed by atoms with Gasteiger partial charge in [-0.3, -0.25) is 0 Å². The zero-order valence-electron chi connectivity index (χ0n) is 10.7. The van der Waals surface area contributed by atoms with Gasteiger partial charge in [0.05, 0.1) is 5.02 Å². The van der Waals surface area contributed by atoms with Crippen molar-refractivity contribution in [1.29, 1.82) is 0 Å². The third-order valence-corrected chi connectivity index (χ3v) is 3.98. The van der Waals surface area contributed by atoms with E-state index < -0.39 is 0 Å². The van der Waals surface area contributed by atoms with Crippen molar-refractivity contribution in [2.75, 3.05) is 6.54 Å². The van der Waals surface area contributed by atoms with Crippen molar-refractivity contribution in [1.82, 2.24) is 5.32 Å². The lowest BCUT2D eigenvalue weighted by atomic mass is 10.1. The third kappa shape index (κ3) is 6.01. The number of benzene rings is 1. The molecule has 1 aromatic carbocycles. The van der Waals surface area contributed by atoms with Crippen molar-refractivity contribution >= 4 is 35.0 Å². The number of hydrogen-bond donors (Lipinski definition) is 1. The molecule has 4 heteroatoms. The molecule has 1 N–H and O–H groups in total. The molecular weight excluding hydrogens is 273 g/mol. The average Bonchev–Trinajstić information content (AvgIpc) is 2.20. The van der Waals surface area contributed by atoms with E-state index in [2.05, 4.69) is 33.0 Å². The molecule has 0 heterocycles. The fourth-order valence-electron chi connectivity index (χ4n) is 1.28. The first-order valence-corrected chi connectivity index (χ1v) is 7.28. The van der Waals surface area contributed by atoms with E-state index in [4.69, 9.17) is 23.2 Å². The van der Waals surface area contributed by atoms with Gasteiger partial charge >= 0.3 is 0 Å². The van der Waals surface area contributed by atoms with Gasteiger partial charge in [0.1, 0.15) is 0 Å². The molecule has 0 aromatic heterocycles. The van der Waals surface area contributed by atoms with Crippen LogP contribution in [0.2, 0.25) is 10.0 Å². The summed E-state index contributed by atoms with van der Waals surface area (Å²) in [4.78, 5) is 1.04.